The Morgan fingerprint density at radius 3 is 2.37 bits per heavy atom. The molecule has 1 amide bonds. The third-order valence-corrected chi connectivity index (χ3v) is 5.18. The monoisotopic (exact) mass is 371 g/mol. The molecular weight excluding hydrogens is 345 g/mol. The predicted molar refractivity (Wildman–Crippen MR) is 103 cm³/mol. The number of nitrogens with one attached hydrogen (secondary N) is 1. The van der Waals surface area contributed by atoms with Gasteiger partial charge in [0.1, 0.15) is 5.82 Å². The Morgan fingerprint density at radius 1 is 1.07 bits per heavy atom. The van der Waals surface area contributed by atoms with Gasteiger partial charge in [-0.25, -0.2) is 4.39 Å². The summed E-state index contributed by atoms with van der Waals surface area (Å²) in [6.45, 7) is 2.33. The lowest BCUT2D eigenvalue weighted by Crippen LogP contribution is -2.35. The van der Waals surface area contributed by atoms with Crippen LogP contribution in [0.2, 0.25) is 0 Å². The van der Waals surface area contributed by atoms with Crippen molar-refractivity contribution in [1.82, 2.24) is 14.8 Å². The van der Waals surface area contributed by atoms with E-state index >= 15 is 0 Å². The fourth-order valence-electron chi connectivity index (χ4n) is 3.66. The molecule has 27 heavy (non-hydrogen) atoms. The van der Waals surface area contributed by atoms with Crippen LogP contribution in [0.4, 0.5) is 4.39 Å². The molecule has 0 unspecified atom stereocenters. The third kappa shape index (κ3) is 4.83. The Morgan fingerprint density at radius 2 is 1.74 bits per heavy atom. The number of aromatic nitrogens is 1. The van der Waals surface area contributed by atoms with Crippen molar-refractivity contribution in [3.8, 4) is 0 Å². The van der Waals surface area contributed by atoms with E-state index in [1.54, 1.807) is 29.9 Å². The van der Waals surface area contributed by atoms with Gasteiger partial charge in [-0.3, -0.25) is 14.5 Å². The van der Waals surface area contributed by atoms with E-state index in [1.807, 2.05) is 0 Å². The van der Waals surface area contributed by atoms with Gasteiger partial charge in [-0.1, -0.05) is 25.0 Å². The van der Waals surface area contributed by atoms with Crippen molar-refractivity contribution in [2.45, 2.75) is 38.3 Å². The molecule has 3 rings (SSSR count). The quantitative estimate of drug-likeness (QED) is 0.879. The number of amides is 1. The first kappa shape index (κ1) is 19.3. The van der Waals surface area contributed by atoms with Crippen molar-refractivity contribution in [3.05, 3.63) is 69.9 Å². The third-order valence-electron chi connectivity index (χ3n) is 5.18. The molecule has 2 heterocycles. The standard InChI is InChI=1S/C21H26FN3O2/c1-23-21(27)17-8-11-20(26)25(14-17)15-19(16-6-9-18(22)10-7-16)24-12-4-2-3-5-13-24/h6-11,14,19H,2-5,12-13,15H2,1H3,(H,23,27)/t19-/m0/s1. The van der Waals surface area contributed by atoms with Crippen molar-refractivity contribution in [3.63, 3.8) is 0 Å². The minimum atomic E-state index is -0.271. The topological polar surface area (TPSA) is 54.3 Å². The maximum absolute atomic E-state index is 13.4. The molecule has 1 atom stereocenters. The Balaban J connectivity index is 1.94. The Kier molecular flexibility index (Phi) is 6.40. The van der Waals surface area contributed by atoms with Gasteiger partial charge < -0.3 is 9.88 Å². The second kappa shape index (κ2) is 8.95. The molecule has 0 radical (unpaired) electrons. The highest BCUT2D eigenvalue weighted by Gasteiger charge is 2.23. The van der Waals surface area contributed by atoms with Crippen LogP contribution in [0, 0.1) is 5.82 Å². The lowest BCUT2D eigenvalue weighted by atomic mass is 10.0. The maximum atomic E-state index is 13.4. The number of pyridine rings is 1. The van der Waals surface area contributed by atoms with Gasteiger partial charge >= 0.3 is 0 Å². The van der Waals surface area contributed by atoms with E-state index in [0.717, 1.165) is 31.5 Å². The summed E-state index contributed by atoms with van der Waals surface area (Å²) in [6, 6.07) is 9.43. The molecule has 5 nitrogen and oxygen atoms in total. The van der Waals surface area contributed by atoms with E-state index in [4.69, 9.17) is 0 Å². The molecule has 2 aromatic rings. The van der Waals surface area contributed by atoms with Gasteiger partial charge in [-0.2, -0.15) is 0 Å². The number of halogens is 1. The molecule has 1 saturated heterocycles. The highest BCUT2D eigenvalue weighted by Crippen LogP contribution is 2.26. The number of rotatable bonds is 5. The molecule has 6 heteroatoms. The first-order valence-corrected chi connectivity index (χ1v) is 9.50. The zero-order valence-corrected chi connectivity index (χ0v) is 15.7. The summed E-state index contributed by atoms with van der Waals surface area (Å²) in [4.78, 5) is 26.7. The summed E-state index contributed by atoms with van der Waals surface area (Å²) in [5.74, 6) is -0.496. The van der Waals surface area contributed by atoms with E-state index in [1.165, 1.54) is 37.1 Å². The van der Waals surface area contributed by atoms with Crippen LogP contribution in [-0.2, 0) is 6.54 Å². The number of hydrogen-bond acceptors (Lipinski definition) is 3. The summed E-state index contributed by atoms with van der Waals surface area (Å²) in [5, 5.41) is 2.58. The zero-order chi connectivity index (χ0) is 19.2. The van der Waals surface area contributed by atoms with Gasteiger partial charge in [-0.05, 0) is 49.7 Å². The van der Waals surface area contributed by atoms with Crippen LogP contribution in [0.15, 0.2) is 47.4 Å². The van der Waals surface area contributed by atoms with Crippen LogP contribution in [0.1, 0.15) is 47.6 Å². The highest BCUT2D eigenvalue weighted by molar-refractivity contribution is 5.93. The minimum Gasteiger partial charge on any atom is -0.355 e. The molecule has 144 valence electrons. The Bertz CT molecular complexity index is 824. The summed E-state index contributed by atoms with van der Waals surface area (Å²) in [7, 11) is 1.57. The largest absolute Gasteiger partial charge is 0.355 e. The summed E-state index contributed by atoms with van der Waals surface area (Å²) < 4.78 is 15.0. The molecule has 1 N–H and O–H groups in total. The number of carbonyl (C=O) groups excluding carboxylic acids is 1. The predicted octanol–water partition coefficient (Wildman–Crippen LogP) is 2.96. The second-order valence-electron chi connectivity index (χ2n) is 7.01. The van der Waals surface area contributed by atoms with E-state index in [-0.39, 0.29) is 23.3 Å². The molecule has 0 bridgehead atoms. The molecule has 0 saturated carbocycles. The molecule has 0 spiro atoms. The SMILES string of the molecule is CNC(=O)c1ccc(=O)n(C[C@@H](c2ccc(F)cc2)N2CCCCCC2)c1. The fourth-order valence-corrected chi connectivity index (χ4v) is 3.66. The molecule has 1 aromatic heterocycles. The van der Waals surface area contributed by atoms with E-state index < -0.39 is 0 Å². The van der Waals surface area contributed by atoms with Crippen LogP contribution >= 0.6 is 0 Å². The van der Waals surface area contributed by atoms with E-state index in [9.17, 15) is 14.0 Å². The van der Waals surface area contributed by atoms with Crippen molar-refractivity contribution < 1.29 is 9.18 Å². The maximum Gasteiger partial charge on any atom is 0.252 e. The van der Waals surface area contributed by atoms with Crippen LogP contribution in [0.25, 0.3) is 0 Å². The summed E-state index contributed by atoms with van der Waals surface area (Å²) in [6.07, 6.45) is 6.25. The number of hydrogen-bond donors (Lipinski definition) is 1. The average molecular weight is 371 g/mol. The molecular formula is C21H26FN3O2. The van der Waals surface area contributed by atoms with Crippen LogP contribution in [-0.4, -0.2) is 35.5 Å². The van der Waals surface area contributed by atoms with Crippen molar-refractivity contribution in [2.75, 3.05) is 20.1 Å². The van der Waals surface area contributed by atoms with Crippen molar-refractivity contribution in [2.24, 2.45) is 0 Å². The van der Waals surface area contributed by atoms with Crippen LogP contribution in [0.3, 0.4) is 0 Å². The van der Waals surface area contributed by atoms with Gasteiger partial charge in [-0.15, -0.1) is 0 Å². The van der Waals surface area contributed by atoms with E-state index in [0.29, 0.717) is 12.1 Å². The molecule has 1 fully saturated rings. The van der Waals surface area contributed by atoms with Gasteiger partial charge in [0.2, 0.25) is 0 Å². The van der Waals surface area contributed by atoms with Gasteiger partial charge in [0.15, 0.2) is 0 Å². The number of nitrogens with zero attached hydrogens (tertiary/aromatic N) is 2. The Labute approximate surface area is 158 Å². The van der Waals surface area contributed by atoms with Gasteiger partial charge in [0.05, 0.1) is 11.6 Å². The molecule has 1 aliphatic heterocycles. The zero-order valence-electron chi connectivity index (χ0n) is 15.7. The van der Waals surface area contributed by atoms with Gasteiger partial charge in [0.25, 0.3) is 11.5 Å². The highest BCUT2D eigenvalue weighted by atomic mass is 19.1. The molecule has 1 aliphatic rings. The van der Waals surface area contributed by atoms with Crippen molar-refractivity contribution >= 4 is 5.91 Å². The van der Waals surface area contributed by atoms with Crippen LogP contribution in [0.5, 0.6) is 0 Å². The number of benzene rings is 1. The van der Waals surface area contributed by atoms with Crippen LogP contribution < -0.4 is 10.9 Å². The van der Waals surface area contributed by atoms with Gasteiger partial charge in [0, 0.05) is 25.9 Å². The lowest BCUT2D eigenvalue weighted by Gasteiger charge is -2.31. The first-order valence-electron chi connectivity index (χ1n) is 9.50. The first-order chi connectivity index (χ1) is 13.1. The summed E-state index contributed by atoms with van der Waals surface area (Å²) >= 11 is 0. The van der Waals surface area contributed by atoms with Crippen molar-refractivity contribution in [1.29, 1.82) is 0 Å². The normalized spacial score (nSPS) is 16.5. The average Bonchev–Trinajstić information content (AvgIpc) is 2.97. The lowest BCUT2D eigenvalue weighted by molar-refractivity contribution is 0.0962. The molecule has 1 aromatic carbocycles. The summed E-state index contributed by atoms with van der Waals surface area (Å²) in [5.41, 5.74) is 1.28. The fraction of sp³-hybridized carbons (Fsp3) is 0.429. The molecule has 0 aliphatic carbocycles. The smallest absolute Gasteiger partial charge is 0.252 e. The second-order valence-corrected chi connectivity index (χ2v) is 7.01. The Hall–Kier alpha value is -2.47. The number of carbonyl (C=O) groups is 1. The minimum absolute atomic E-state index is 0.0404. The van der Waals surface area contributed by atoms with E-state index in [2.05, 4.69) is 10.2 Å². The number of likely N-dealkylation sites (tertiary alicyclic amines) is 1.